The number of aryl methyl sites for hydroxylation is 1. The zero-order valence-corrected chi connectivity index (χ0v) is 17.6. The Bertz CT molecular complexity index is 1230. The third-order valence-electron chi connectivity index (χ3n) is 3.84. The summed E-state index contributed by atoms with van der Waals surface area (Å²) in [5.74, 6) is 0.409. The van der Waals surface area contributed by atoms with Crippen LogP contribution >= 0.6 is 11.3 Å². The lowest BCUT2D eigenvalue weighted by atomic mass is 10.3. The van der Waals surface area contributed by atoms with Crippen molar-refractivity contribution < 1.29 is 26.4 Å². The van der Waals surface area contributed by atoms with Crippen LogP contribution in [0.2, 0.25) is 0 Å². The van der Waals surface area contributed by atoms with Crippen molar-refractivity contribution >= 4 is 44.0 Å². The number of carbonyl (C=O) groups is 1. The van der Waals surface area contributed by atoms with Gasteiger partial charge in [-0.15, -0.1) is 0 Å². The van der Waals surface area contributed by atoms with Crippen molar-refractivity contribution in [2.75, 3.05) is 23.0 Å². The zero-order chi connectivity index (χ0) is 22.8. The van der Waals surface area contributed by atoms with Gasteiger partial charge in [-0.25, -0.2) is 28.2 Å². The normalized spacial score (nSPS) is 11.8. The van der Waals surface area contributed by atoms with E-state index in [0.717, 1.165) is 29.5 Å². The number of carbonyl (C=O) groups excluding carboxylic acids is 1. The number of amides is 2. The van der Waals surface area contributed by atoms with E-state index in [-0.39, 0.29) is 10.8 Å². The molecule has 31 heavy (non-hydrogen) atoms. The standard InChI is InChI=1S/C17H15F3N6O3S2/c1-9-13(12-6-7-22-14(21-2)25-12)30-16(23-9)26-15(27)24-10-4-3-5-11(8-10)31(28,29)17(18,19)20/h3-8H,1-2H3,(H,21,22,25)(H2,23,24,26,27). The highest BCUT2D eigenvalue weighted by molar-refractivity contribution is 7.92. The number of anilines is 3. The van der Waals surface area contributed by atoms with E-state index in [4.69, 9.17) is 0 Å². The van der Waals surface area contributed by atoms with Gasteiger partial charge in [0, 0.05) is 18.9 Å². The summed E-state index contributed by atoms with van der Waals surface area (Å²) in [5.41, 5.74) is -4.39. The van der Waals surface area contributed by atoms with Gasteiger partial charge in [0.1, 0.15) is 0 Å². The zero-order valence-electron chi connectivity index (χ0n) is 16.0. The molecule has 3 rings (SSSR count). The molecular weight excluding hydrogens is 457 g/mol. The quantitative estimate of drug-likeness (QED) is 0.514. The Morgan fingerprint density at radius 1 is 1.13 bits per heavy atom. The number of nitrogens with one attached hydrogen (secondary N) is 3. The molecule has 0 saturated heterocycles. The highest BCUT2D eigenvalue weighted by atomic mass is 32.2. The van der Waals surface area contributed by atoms with Crippen molar-refractivity contribution in [1.82, 2.24) is 15.0 Å². The fourth-order valence-electron chi connectivity index (χ4n) is 2.43. The molecule has 164 valence electrons. The first kappa shape index (κ1) is 22.4. The Kier molecular flexibility index (Phi) is 6.13. The first-order chi connectivity index (χ1) is 14.5. The van der Waals surface area contributed by atoms with Crippen LogP contribution in [0, 0.1) is 6.92 Å². The van der Waals surface area contributed by atoms with Gasteiger partial charge in [0.2, 0.25) is 5.95 Å². The van der Waals surface area contributed by atoms with E-state index in [1.807, 2.05) is 0 Å². The van der Waals surface area contributed by atoms with Crippen LogP contribution in [-0.2, 0) is 9.84 Å². The number of nitrogens with zero attached hydrogens (tertiary/aromatic N) is 3. The molecule has 2 aromatic heterocycles. The molecule has 9 nitrogen and oxygen atoms in total. The average molecular weight is 472 g/mol. The van der Waals surface area contributed by atoms with Crippen LogP contribution in [-0.4, -0.2) is 42.0 Å². The average Bonchev–Trinajstić information content (AvgIpc) is 3.07. The predicted octanol–water partition coefficient (Wildman–Crippen LogP) is 3.89. The smallest absolute Gasteiger partial charge is 0.357 e. The molecule has 0 unspecified atom stereocenters. The summed E-state index contributed by atoms with van der Waals surface area (Å²) in [6.07, 6.45) is 1.56. The minimum absolute atomic E-state index is 0.134. The number of alkyl halides is 3. The van der Waals surface area contributed by atoms with E-state index in [1.54, 1.807) is 26.2 Å². The molecule has 3 N–H and O–H groups in total. The van der Waals surface area contributed by atoms with Gasteiger partial charge in [-0.2, -0.15) is 13.2 Å². The molecular formula is C17H15F3N6O3S2. The molecule has 0 bridgehead atoms. The first-order valence-corrected chi connectivity index (χ1v) is 10.8. The molecule has 0 fully saturated rings. The number of halogens is 3. The number of sulfone groups is 1. The van der Waals surface area contributed by atoms with E-state index in [1.165, 1.54) is 6.07 Å². The second-order valence-electron chi connectivity index (χ2n) is 6.01. The molecule has 1 aromatic carbocycles. The predicted molar refractivity (Wildman–Crippen MR) is 110 cm³/mol. The molecule has 0 aliphatic carbocycles. The van der Waals surface area contributed by atoms with Crippen LogP contribution in [0.3, 0.4) is 0 Å². The monoisotopic (exact) mass is 472 g/mol. The molecule has 0 atom stereocenters. The lowest BCUT2D eigenvalue weighted by Crippen LogP contribution is -2.24. The van der Waals surface area contributed by atoms with Crippen LogP contribution in [0.25, 0.3) is 10.6 Å². The Morgan fingerprint density at radius 3 is 2.55 bits per heavy atom. The highest BCUT2D eigenvalue weighted by Gasteiger charge is 2.46. The minimum atomic E-state index is -5.53. The summed E-state index contributed by atoms with van der Waals surface area (Å²) < 4.78 is 61.2. The molecule has 0 radical (unpaired) electrons. The highest BCUT2D eigenvalue weighted by Crippen LogP contribution is 2.33. The van der Waals surface area contributed by atoms with Crippen molar-refractivity contribution in [3.05, 3.63) is 42.2 Å². The molecule has 3 aromatic rings. The Hall–Kier alpha value is -3.26. The maximum atomic E-state index is 12.7. The summed E-state index contributed by atoms with van der Waals surface area (Å²) >= 11 is 1.14. The summed E-state index contributed by atoms with van der Waals surface area (Å²) in [6.45, 7) is 1.72. The molecule has 0 saturated carbocycles. The number of hydrogen-bond acceptors (Lipinski definition) is 8. The van der Waals surface area contributed by atoms with Gasteiger partial charge in [-0.3, -0.25) is 5.32 Å². The van der Waals surface area contributed by atoms with Gasteiger partial charge in [0.05, 0.1) is 21.2 Å². The van der Waals surface area contributed by atoms with Crippen LogP contribution in [0.5, 0.6) is 0 Å². The third kappa shape index (κ3) is 4.91. The van der Waals surface area contributed by atoms with Gasteiger partial charge in [0.25, 0.3) is 9.84 Å². The van der Waals surface area contributed by atoms with E-state index in [9.17, 15) is 26.4 Å². The Morgan fingerprint density at radius 2 is 1.87 bits per heavy atom. The molecule has 0 spiro atoms. The number of hydrogen-bond donors (Lipinski definition) is 3. The maximum Gasteiger partial charge on any atom is 0.501 e. The molecule has 2 heterocycles. The van der Waals surface area contributed by atoms with Crippen molar-refractivity contribution in [2.24, 2.45) is 0 Å². The van der Waals surface area contributed by atoms with Crippen LogP contribution in [0.4, 0.5) is 34.7 Å². The second kappa shape index (κ2) is 8.47. The number of thiazole rings is 1. The van der Waals surface area contributed by atoms with E-state index in [0.29, 0.717) is 22.2 Å². The summed E-state index contributed by atoms with van der Waals surface area (Å²) in [6, 6.07) is 4.74. The van der Waals surface area contributed by atoms with Crippen molar-refractivity contribution in [1.29, 1.82) is 0 Å². The topological polar surface area (TPSA) is 126 Å². The van der Waals surface area contributed by atoms with Crippen LogP contribution < -0.4 is 16.0 Å². The van der Waals surface area contributed by atoms with Gasteiger partial charge in [0.15, 0.2) is 5.13 Å². The van der Waals surface area contributed by atoms with Gasteiger partial charge >= 0.3 is 11.5 Å². The van der Waals surface area contributed by atoms with Crippen molar-refractivity contribution in [3.8, 4) is 10.6 Å². The lowest BCUT2D eigenvalue weighted by molar-refractivity contribution is -0.0435. The maximum absolute atomic E-state index is 12.7. The van der Waals surface area contributed by atoms with E-state index >= 15 is 0 Å². The fourth-order valence-corrected chi connectivity index (χ4v) is 4.17. The largest absolute Gasteiger partial charge is 0.501 e. The Labute approximate surface area is 178 Å². The van der Waals surface area contributed by atoms with E-state index in [2.05, 4.69) is 30.9 Å². The molecule has 0 aliphatic rings. The lowest BCUT2D eigenvalue weighted by Gasteiger charge is -2.10. The van der Waals surface area contributed by atoms with Gasteiger partial charge in [-0.1, -0.05) is 17.4 Å². The minimum Gasteiger partial charge on any atom is -0.357 e. The van der Waals surface area contributed by atoms with Gasteiger partial charge < -0.3 is 10.6 Å². The second-order valence-corrected chi connectivity index (χ2v) is 8.95. The van der Waals surface area contributed by atoms with Gasteiger partial charge in [-0.05, 0) is 31.2 Å². The fraction of sp³-hybridized carbons (Fsp3) is 0.176. The summed E-state index contributed by atoms with van der Waals surface area (Å²) in [5, 5.41) is 7.79. The molecule has 2 amide bonds. The number of urea groups is 1. The summed E-state index contributed by atoms with van der Waals surface area (Å²) in [7, 11) is -3.86. The van der Waals surface area contributed by atoms with Crippen molar-refractivity contribution in [2.45, 2.75) is 17.3 Å². The molecule has 14 heteroatoms. The first-order valence-electron chi connectivity index (χ1n) is 8.49. The number of benzene rings is 1. The SMILES string of the molecule is CNc1nccc(-c2sc(NC(=O)Nc3cccc(S(=O)(=O)C(F)(F)F)c3)nc2C)n1. The van der Waals surface area contributed by atoms with Crippen LogP contribution in [0.1, 0.15) is 5.69 Å². The summed E-state index contributed by atoms with van der Waals surface area (Å²) in [4.78, 5) is 24.5. The molecule has 0 aliphatic heterocycles. The van der Waals surface area contributed by atoms with Crippen LogP contribution in [0.15, 0.2) is 41.4 Å². The Balaban J connectivity index is 1.76. The number of aromatic nitrogens is 3. The number of rotatable bonds is 5. The van der Waals surface area contributed by atoms with Crippen molar-refractivity contribution in [3.63, 3.8) is 0 Å². The van der Waals surface area contributed by atoms with E-state index < -0.39 is 26.3 Å². The third-order valence-corrected chi connectivity index (χ3v) is 6.42.